The van der Waals surface area contributed by atoms with E-state index in [1.807, 2.05) is 13.2 Å². The Bertz CT molecular complexity index is 880. The number of nitrogens with one attached hydrogen (secondary N) is 1. The van der Waals surface area contributed by atoms with Crippen molar-refractivity contribution in [3.8, 4) is 11.3 Å². The summed E-state index contributed by atoms with van der Waals surface area (Å²) in [5.41, 5.74) is 2.52. The van der Waals surface area contributed by atoms with Crippen molar-refractivity contribution in [2.24, 2.45) is 7.05 Å². The summed E-state index contributed by atoms with van der Waals surface area (Å²) in [7, 11) is 1.84. The topological polar surface area (TPSA) is 98.7 Å². The van der Waals surface area contributed by atoms with Crippen LogP contribution in [-0.4, -0.2) is 30.8 Å². The van der Waals surface area contributed by atoms with Gasteiger partial charge >= 0.3 is 0 Å². The van der Waals surface area contributed by atoms with Gasteiger partial charge in [0.2, 0.25) is 0 Å². The molecule has 1 aliphatic carbocycles. The Hall–Kier alpha value is -3.03. The van der Waals surface area contributed by atoms with Crippen LogP contribution in [0.25, 0.3) is 11.3 Å². The first-order valence-corrected chi connectivity index (χ1v) is 7.74. The first kappa shape index (κ1) is 14.6. The molecular weight excluding hydrogens is 308 g/mol. The van der Waals surface area contributed by atoms with Crippen LogP contribution >= 0.6 is 0 Å². The SMILES string of the molecule is Cn1cc(-c2nccnc2CNC(=O)c2cc(C3CC3)on2)cn1. The molecule has 0 unspecified atom stereocenters. The average molecular weight is 324 g/mol. The number of hydrogen-bond donors (Lipinski definition) is 1. The van der Waals surface area contributed by atoms with E-state index in [0.717, 1.165) is 24.2 Å². The van der Waals surface area contributed by atoms with E-state index in [9.17, 15) is 4.79 Å². The second-order valence-corrected chi connectivity index (χ2v) is 5.83. The van der Waals surface area contributed by atoms with E-state index in [1.54, 1.807) is 29.3 Å². The van der Waals surface area contributed by atoms with Crippen LogP contribution in [0, 0.1) is 0 Å². The zero-order valence-electron chi connectivity index (χ0n) is 13.1. The lowest BCUT2D eigenvalue weighted by atomic mass is 10.2. The van der Waals surface area contributed by atoms with Gasteiger partial charge in [0, 0.05) is 43.2 Å². The molecular formula is C16H16N6O2. The van der Waals surface area contributed by atoms with Crippen LogP contribution < -0.4 is 5.32 Å². The van der Waals surface area contributed by atoms with Crippen LogP contribution in [0.4, 0.5) is 0 Å². The minimum absolute atomic E-state index is 0.253. The molecule has 1 saturated carbocycles. The van der Waals surface area contributed by atoms with Crippen molar-refractivity contribution in [3.05, 3.63) is 48.0 Å². The van der Waals surface area contributed by atoms with Gasteiger partial charge in [-0.25, -0.2) is 0 Å². The lowest BCUT2D eigenvalue weighted by Gasteiger charge is -2.06. The van der Waals surface area contributed by atoms with E-state index in [2.05, 4.69) is 25.5 Å². The number of hydrogen-bond acceptors (Lipinski definition) is 6. The van der Waals surface area contributed by atoms with Crippen molar-refractivity contribution in [3.63, 3.8) is 0 Å². The number of aromatic nitrogens is 5. The molecule has 1 fully saturated rings. The Labute approximate surface area is 137 Å². The molecule has 3 aromatic rings. The Morgan fingerprint density at radius 3 is 2.96 bits per heavy atom. The number of carbonyl (C=O) groups is 1. The average Bonchev–Trinajstić information content (AvgIpc) is 3.16. The maximum absolute atomic E-state index is 12.2. The number of aryl methyl sites for hydroxylation is 1. The third-order valence-corrected chi connectivity index (χ3v) is 3.91. The third-order valence-electron chi connectivity index (χ3n) is 3.91. The van der Waals surface area contributed by atoms with Gasteiger partial charge in [-0.2, -0.15) is 5.10 Å². The summed E-state index contributed by atoms with van der Waals surface area (Å²) in [5.74, 6) is 0.931. The molecule has 0 aliphatic heterocycles. The fourth-order valence-electron chi connectivity index (χ4n) is 2.49. The van der Waals surface area contributed by atoms with Gasteiger partial charge in [-0.3, -0.25) is 19.4 Å². The van der Waals surface area contributed by atoms with Crippen LogP contribution in [0.3, 0.4) is 0 Å². The van der Waals surface area contributed by atoms with Gasteiger partial charge in [0.05, 0.1) is 24.1 Å². The maximum atomic E-state index is 12.2. The van der Waals surface area contributed by atoms with Crippen LogP contribution in [0.1, 0.15) is 40.7 Å². The predicted molar refractivity (Wildman–Crippen MR) is 83.9 cm³/mol. The van der Waals surface area contributed by atoms with Gasteiger partial charge in [0.1, 0.15) is 5.76 Å². The summed E-state index contributed by atoms with van der Waals surface area (Å²) in [4.78, 5) is 20.9. The Morgan fingerprint density at radius 2 is 2.21 bits per heavy atom. The second kappa shape index (κ2) is 5.88. The Balaban J connectivity index is 1.48. The number of amides is 1. The Kier molecular flexibility index (Phi) is 3.56. The molecule has 3 heterocycles. The molecule has 3 aromatic heterocycles. The van der Waals surface area contributed by atoms with Crippen molar-refractivity contribution < 1.29 is 9.32 Å². The van der Waals surface area contributed by atoms with Gasteiger partial charge in [-0.05, 0) is 12.8 Å². The highest BCUT2D eigenvalue weighted by atomic mass is 16.5. The third kappa shape index (κ3) is 2.90. The quantitative estimate of drug-likeness (QED) is 0.766. The highest BCUT2D eigenvalue weighted by Gasteiger charge is 2.28. The number of nitrogens with zero attached hydrogens (tertiary/aromatic N) is 5. The fourth-order valence-corrected chi connectivity index (χ4v) is 2.49. The summed E-state index contributed by atoms with van der Waals surface area (Å²) < 4.78 is 6.90. The standard InChI is InChI=1S/C16H16N6O2/c1-22-9-11(7-20-22)15-13(17-4-5-18-15)8-19-16(23)12-6-14(24-21-12)10-2-3-10/h4-7,9-10H,2-3,8H2,1H3,(H,19,23). The highest BCUT2D eigenvalue weighted by molar-refractivity contribution is 5.92. The molecule has 0 atom stereocenters. The fraction of sp³-hybridized carbons (Fsp3) is 0.312. The summed E-state index contributed by atoms with van der Waals surface area (Å²) in [6.07, 6.45) is 8.99. The van der Waals surface area contributed by atoms with Crippen LogP contribution in [0.5, 0.6) is 0 Å². The van der Waals surface area contributed by atoms with E-state index in [-0.39, 0.29) is 12.5 Å². The summed E-state index contributed by atoms with van der Waals surface area (Å²) in [6.45, 7) is 0.253. The molecule has 0 aromatic carbocycles. The van der Waals surface area contributed by atoms with E-state index in [0.29, 0.717) is 23.0 Å². The molecule has 0 bridgehead atoms. The van der Waals surface area contributed by atoms with E-state index in [1.165, 1.54) is 0 Å². The zero-order valence-corrected chi connectivity index (χ0v) is 13.1. The monoisotopic (exact) mass is 324 g/mol. The second-order valence-electron chi connectivity index (χ2n) is 5.83. The van der Waals surface area contributed by atoms with Crippen molar-refractivity contribution in [1.82, 2.24) is 30.2 Å². The molecule has 0 spiro atoms. The Morgan fingerprint density at radius 1 is 1.38 bits per heavy atom. The van der Waals surface area contributed by atoms with E-state index in [4.69, 9.17) is 4.52 Å². The van der Waals surface area contributed by atoms with Crippen LogP contribution in [0.2, 0.25) is 0 Å². The normalized spacial score (nSPS) is 13.9. The molecule has 0 saturated heterocycles. The van der Waals surface area contributed by atoms with Gasteiger partial charge in [-0.15, -0.1) is 0 Å². The molecule has 8 heteroatoms. The lowest BCUT2D eigenvalue weighted by Crippen LogP contribution is -2.24. The van der Waals surface area contributed by atoms with Crippen molar-refractivity contribution in [2.75, 3.05) is 0 Å². The smallest absolute Gasteiger partial charge is 0.273 e. The molecule has 122 valence electrons. The van der Waals surface area contributed by atoms with E-state index >= 15 is 0 Å². The van der Waals surface area contributed by atoms with Gasteiger partial charge in [0.25, 0.3) is 5.91 Å². The van der Waals surface area contributed by atoms with E-state index < -0.39 is 0 Å². The molecule has 4 rings (SSSR count). The molecule has 1 aliphatic rings. The number of carbonyl (C=O) groups excluding carboxylic acids is 1. The molecule has 1 amide bonds. The zero-order chi connectivity index (χ0) is 16.5. The molecule has 0 radical (unpaired) electrons. The summed E-state index contributed by atoms with van der Waals surface area (Å²) in [5, 5.41) is 10.8. The maximum Gasteiger partial charge on any atom is 0.273 e. The lowest BCUT2D eigenvalue weighted by molar-refractivity contribution is 0.0941. The summed E-state index contributed by atoms with van der Waals surface area (Å²) in [6, 6.07) is 1.71. The minimum atomic E-state index is -0.284. The minimum Gasteiger partial charge on any atom is -0.360 e. The van der Waals surface area contributed by atoms with Gasteiger partial charge in [0.15, 0.2) is 5.69 Å². The largest absolute Gasteiger partial charge is 0.360 e. The van der Waals surface area contributed by atoms with Crippen LogP contribution in [0.15, 0.2) is 35.4 Å². The first-order chi connectivity index (χ1) is 11.7. The van der Waals surface area contributed by atoms with Gasteiger partial charge in [-0.1, -0.05) is 5.16 Å². The van der Waals surface area contributed by atoms with Gasteiger partial charge < -0.3 is 9.84 Å². The summed E-state index contributed by atoms with van der Waals surface area (Å²) >= 11 is 0. The molecule has 8 nitrogen and oxygen atoms in total. The van der Waals surface area contributed by atoms with Crippen molar-refractivity contribution in [2.45, 2.75) is 25.3 Å². The first-order valence-electron chi connectivity index (χ1n) is 7.74. The van der Waals surface area contributed by atoms with Crippen molar-refractivity contribution in [1.29, 1.82) is 0 Å². The van der Waals surface area contributed by atoms with Crippen LogP contribution in [-0.2, 0) is 13.6 Å². The number of rotatable bonds is 5. The van der Waals surface area contributed by atoms with Crippen molar-refractivity contribution >= 4 is 5.91 Å². The molecule has 24 heavy (non-hydrogen) atoms. The molecule has 1 N–H and O–H groups in total. The predicted octanol–water partition coefficient (Wildman–Crippen LogP) is 1.67. The highest BCUT2D eigenvalue weighted by Crippen LogP contribution is 2.40.